The molecule has 1 amide bonds. The monoisotopic (exact) mass is 577 g/mol. The van der Waals surface area contributed by atoms with Gasteiger partial charge in [0, 0.05) is 29.2 Å². The second-order valence-electron chi connectivity index (χ2n) is 9.70. The number of benzene rings is 3. The highest BCUT2D eigenvalue weighted by atomic mass is 79.9. The van der Waals surface area contributed by atoms with E-state index in [1.165, 1.54) is 17.7 Å². The summed E-state index contributed by atoms with van der Waals surface area (Å²) in [6.45, 7) is 3.97. The van der Waals surface area contributed by atoms with E-state index in [0.29, 0.717) is 40.6 Å². The molecule has 9 heteroatoms. The molecule has 0 radical (unpaired) electrons. The summed E-state index contributed by atoms with van der Waals surface area (Å²) in [5, 5.41) is 3.11. The average Bonchev–Trinajstić information content (AvgIpc) is 3.60. The minimum Gasteiger partial charge on any atom is -0.436 e. The maximum absolute atomic E-state index is 15.0. The van der Waals surface area contributed by atoms with Crippen LogP contribution >= 0.6 is 15.9 Å². The number of amides is 1. The zero-order valence-corrected chi connectivity index (χ0v) is 22.3. The van der Waals surface area contributed by atoms with E-state index in [-0.39, 0.29) is 41.0 Å². The van der Waals surface area contributed by atoms with Gasteiger partial charge in [-0.2, -0.15) is 0 Å². The molecule has 0 spiro atoms. The van der Waals surface area contributed by atoms with Gasteiger partial charge in [0.1, 0.15) is 17.1 Å². The second kappa shape index (κ2) is 9.96. The lowest BCUT2D eigenvalue weighted by atomic mass is 9.93. The van der Waals surface area contributed by atoms with E-state index >= 15 is 4.39 Å². The van der Waals surface area contributed by atoms with Crippen LogP contribution in [0.4, 0.5) is 4.39 Å². The van der Waals surface area contributed by atoms with Crippen LogP contribution in [-0.2, 0) is 11.2 Å². The Morgan fingerprint density at radius 3 is 2.82 bits per heavy atom. The van der Waals surface area contributed by atoms with Crippen LogP contribution < -0.4 is 10.1 Å². The van der Waals surface area contributed by atoms with Crippen molar-refractivity contribution in [3.8, 4) is 17.2 Å². The average molecular weight is 578 g/mol. The first-order valence-corrected chi connectivity index (χ1v) is 13.4. The number of nitrogens with zero attached hydrogens (tertiary/aromatic N) is 2. The zero-order chi connectivity index (χ0) is 26.4. The third kappa shape index (κ3) is 4.50. The van der Waals surface area contributed by atoms with E-state index in [1.54, 1.807) is 12.1 Å². The minimum atomic E-state index is -0.625. The van der Waals surface area contributed by atoms with Crippen molar-refractivity contribution in [2.75, 3.05) is 19.6 Å². The molecule has 4 aromatic rings. The molecule has 0 saturated carbocycles. The number of ether oxygens (including phenoxy) is 1. The van der Waals surface area contributed by atoms with Gasteiger partial charge in [0.2, 0.25) is 5.89 Å². The largest absolute Gasteiger partial charge is 0.436 e. The van der Waals surface area contributed by atoms with Gasteiger partial charge in [0.15, 0.2) is 5.58 Å². The van der Waals surface area contributed by atoms with Crippen LogP contribution in [0.2, 0.25) is 0 Å². The Hall–Kier alpha value is -3.56. The van der Waals surface area contributed by atoms with E-state index in [9.17, 15) is 9.59 Å². The van der Waals surface area contributed by atoms with Crippen LogP contribution in [0.25, 0.3) is 22.6 Å². The van der Waals surface area contributed by atoms with Crippen LogP contribution in [-0.4, -0.2) is 41.4 Å². The first-order valence-electron chi connectivity index (χ1n) is 12.6. The molecule has 1 unspecified atom stereocenters. The molecular weight excluding hydrogens is 553 g/mol. The summed E-state index contributed by atoms with van der Waals surface area (Å²) in [6.07, 6.45) is 1.50. The molecule has 1 aromatic heterocycles. The molecule has 1 N–H and O–H groups in total. The van der Waals surface area contributed by atoms with Crippen LogP contribution in [0.15, 0.2) is 63.5 Å². The Kier molecular flexibility index (Phi) is 6.49. The highest BCUT2D eigenvalue weighted by Crippen LogP contribution is 2.35. The summed E-state index contributed by atoms with van der Waals surface area (Å²) < 4.78 is 26.9. The number of carbonyl (C=O) groups is 2. The van der Waals surface area contributed by atoms with Crippen LogP contribution in [0, 0.1) is 11.7 Å². The van der Waals surface area contributed by atoms with Gasteiger partial charge < -0.3 is 19.4 Å². The predicted molar refractivity (Wildman–Crippen MR) is 143 cm³/mol. The van der Waals surface area contributed by atoms with Crippen molar-refractivity contribution in [2.45, 2.75) is 25.8 Å². The van der Waals surface area contributed by atoms with Gasteiger partial charge in [-0.3, -0.25) is 9.59 Å². The highest BCUT2D eigenvalue weighted by Gasteiger charge is 2.29. The summed E-state index contributed by atoms with van der Waals surface area (Å²) in [5.74, 6) is -1.14. The molecule has 0 aliphatic carbocycles. The molecule has 2 aliphatic heterocycles. The maximum atomic E-state index is 15.0. The molecule has 3 aromatic carbocycles. The number of oxazole rings is 1. The summed E-state index contributed by atoms with van der Waals surface area (Å²) in [7, 11) is 0. The third-order valence-electron chi connectivity index (χ3n) is 7.33. The Morgan fingerprint density at radius 2 is 2.03 bits per heavy atom. The number of aromatic nitrogens is 1. The smallest absolute Gasteiger partial charge is 0.315 e. The van der Waals surface area contributed by atoms with Crippen LogP contribution in [0.5, 0.6) is 5.75 Å². The van der Waals surface area contributed by atoms with E-state index < -0.39 is 5.82 Å². The van der Waals surface area contributed by atoms with Crippen molar-refractivity contribution in [1.29, 1.82) is 0 Å². The fourth-order valence-electron chi connectivity index (χ4n) is 5.23. The van der Waals surface area contributed by atoms with E-state index in [0.717, 1.165) is 24.6 Å². The molecule has 0 bridgehead atoms. The topological polar surface area (TPSA) is 84.7 Å². The van der Waals surface area contributed by atoms with Crippen LogP contribution in [0.1, 0.15) is 40.9 Å². The fourth-order valence-corrected chi connectivity index (χ4v) is 5.76. The maximum Gasteiger partial charge on any atom is 0.315 e. The van der Waals surface area contributed by atoms with Crippen molar-refractivity contribution in [3.05, 3.63) is 81.6 Å². The molecule has 194 valence electrons. The van der Waals surface area contributed by atoms with Crippen LogP contribution in [0.3, 0.4) is 0 Å². The molecular formula is C29H25BrFN3O4. The third-order valence-corrected chi connectivity index (χ3v) is 7.94. The second-order valence-corrected chi connectivity index (χ2v) is 10.6. The Morgan fingerprint density at radius 1 is 1.18 bits per heavy atom. The number of halogens is 2. The molecule has 3 heterocycles. The highest BCUT2D eigenvalue weighted by molar-refractivity contribution is 9.10. The molecule has 1 fully saturated rings. The van der Waals surface area contributed by atoms with Gasteiger partial charge in [-0.1, -0.05) is 24.3 Å². The van der Waals surface area contributed by atoms with Crippen molar-refractivity contribution in [1.82, 2.24) is 15.2 Å². The molecule has 38 heavy (non-hydrogen) atoms. The molecule has 7 nitrogen and oxygen atoms in total. The first kappa shape index (κ1) is 24.8. The van der Waals surface area contributed by atoms with Gasteiger partial charge in [0.05, 0.1) is 17.5 Å². The van der Waals surface area contributed by atoms with Crippen molar-refractivity contribution >= 4 is 38.9 Å². The Labute approximate surface area is 227 Å². The number of esters is 1. The van der Waals surface area contributed by atoms with E-state index in [1.807, 2.05) is 24.0 Å². The van der Waals surface area contributed by atoms with E-state index in [4.69, 9.17) is 9.15 Å². The van der Waals surface area contributed by atoms with Crippen molar-refractivity contribution in [2.24, 2.45) is 5.92 Å². The lowest BCUT2D eigenvalue weighted by molar-refractivity contribution is -0.138. The summed E-state index contributed by atoms with van der Waals surface area (Å²) >= 11 is 3.51. The Balaban J connectivity index is 1.26. The molecule has 2 atom stereocenters. The number of nitrogens with one attached hydrogen (secondary N) is 1. The quantitative estimate of drug-likeness (QED) is 0.248. The predicted octanol–water partition coefficient (Wildman–Crippen LogP) is 5.67. The van der Waals surface area contributed by atoms with Gasteiger partial charge in [0.25, 0.3) is 5.91 Å². The number of carbonyl (C=O) groups excluding carboxylic acids is 2. The van der Waals surface area contributed by atoms with Crippen molar-refractivity contribution < 1.29 is 23.1 Å². The molecule has 2 aliphatic rings. The summed E-state index contributed by atoms with van der Waals surface area (Å²) in [5.41, 5.74) is 3.85. The first-order chi connectivity index (χ1) is 18.4. The van der Waals surface area contributed by atoms with E-state index in [2.05, 4.69) is 38.4 Å². The normalized spacial score (nSPS) is 19.0. The van der Waals surface area contributed by atoms with Crippen molar-refractivity contribution in [3.63, 3.8) is 0 Å². The summed E-state index contributed by atoms with van der Waals surface area (Å²) in [4.78, 5) is 32.1. The fraction of sp³-hybridized carbons (Fsp3) is 0.276. The number of hydrogen-bond donors (Lipinski definition) is 1. The standard InChI is InChI=1S/C29H25BrFN3O4/c1-16-21-5-3-2-4-17(21)9-11-34(16)28(35)19-12-23(30)26-25(13-19)38-27(33-26)22-7-6-20(14-24(22)31)37-29(36)18-8-10-32-15-18/h2-7,12-14,16,18,32H,8-11,15H2,1H3/t16-,18?/m1/s1. The summed E-state index contributed by atoms with van der Waals surface area (Å²) in [6, 6.07) is 15.6. The SMILES string of the molecule is C[C@@H]1c2ccccc2CCN1C(=O)c1cc(Br)c2nc(-c3ccc(OC(=O)C4CCNC4)cc3F)oc2c1. The zero-order valence-electron chi connectivity index (χ0n) is 20.7. The van der Waals surface area contributed by atoms with Gasteiger partial charge in [-0.15, -0.1) is 0 Å². The number of hydrogen-bond acceptors (Lipinski definition) is 6. The lowest BCUT2D eigenvalue weighted by Crippen LogP contribution is -2.38. The molecule has 6 rings (SSSR count). The van der Waals surface area contributed by atoms with Gasteiger partial charge in [-0.05, 0) is 77.6 Å². The molecule has 1 saturated heterocycles. The Bertz CT molecular complexity index is 1560. The number of rotatable bonds is 4. The number of fused-ring (bicyclic) bond motifs is 2. The van der Waals surface area contributed by atoms with Gasteiger partial charge in [-0.25, -0.2) is 9.37 Å². The lowest BCUT2D eigenvalue weighted by Gasteiger charge is -2.35. The minimum absolute atomic E-state index is 0.0566. The van der Waals surface area contributed by atoms with Gasteiger partial charge >= 0.3 is 5.97 Å².